The van der Waals surface area contributed by atoms with Gasteiger partial charge in [-0.3, -0.25) is 4.98 Å². The highest BCUT2D eigenvalue weighted by molar-refractivity contribution is 5.79. The van der Waals surface area contributed by atoms with E-state index in [1.807, 2.05) is 37.5 Å². The fourth-order valence-electron chi connectivity index (χ4n) is 2.57. The van der Waals surface area contributed by atoms with Crippen LogP contribution in [-0.2, 0) is 0 Å². The predicted octanol–water partition coefficient (Wildman–Crippen LogP) is 2.95. The molecule has 4 nitrogen and oxygen atoms in total. The molecule has 1 N–H and O–H groups in total. The van der Waals surface area contributed by atoms with Crippen molar-refractivity contribution in [1.29, 1.82) is 0 Å². The highest BCUT2D eigenvalue weighted by Crippen LogP contribution is 2.29. The number of hydrogen-bond acceptors (Lipinski definition) is 4. The Morgan fingerprint density at radius 2 is 1.86 bits per heavy atom. The molecule has 4 heteroatoms. The number of benzene rings is 1. The van der Waals surface area contributed by atoms with E-state index in [1.54, 1.807) is 13.3 Å². The lowest BCUT2D eigenvalue weighted by molar-refractivity contribution is 0.388. The molecule has 0 aliphatic heterocycles. The second-order valence-electron chi connectivity index (χ2n) is 4.78. The lowest BCUT2D eigenvalue weighted by Gasteiger charge is -2.19. The summed E-state index contributed by atoms with van der Waals surface area (Å²) in [5.74, 6) is 0.642. The highest BCUT2D eigenvalue weighted by Gasteiger charge is 2.17. The third-order valence-corrected chi connectivity index (χ3v) is 3.55. The number of methoxy groups -OCH3 is 1. The van der Waals surface area contributed by atoms with Gasteiger partial charge in [0.15, 0.2) is 0 Å². The lowest BCUT2D eigenvalue weighted by atomic mass is 9.98. The molecule has 106 valence electrons. The number of pyridine rings is 2. The summed E-state index contributed by atoms with van der Waals surface area (Å²) < 4.78 is 5.37. The van der Waals surface area contributed by atoms with E-state index in [-0.39, 0.29) is 6.04 Å². The van der Waals surface area contributed by atoms with Gasteiger partial charge in [0.1, 0.15) is 0 Å². The maximum absolute atomic E-state index is 5.37. The van der Waals surface area contributed by atoms with Gasteiger partial charge in [0, 0.05) is 23.3 Å². The van der Waals surface area contributed by atoms with Crippen molar-refractivity contribution in [2.45, 2.75) is 6.04 Å². The SMILES string of the molecule is CNC(c1ccc2ncccc2c1)c1cccnc1OC. The molecule has 0 amide bonds. The van der Waals surface area contributed by atoms with Crippen LogP contribution in [0.1, 0.15) is 17.2 Å². The van der Waals surface area contributed by atoms with E-state index in [4.69, 9.17) is 4.74 Å². The van der Waals surface area contributed by atoms with Gasteiger partial charge in [-0.25, -0.2) is 4.98 Å². The molecule has 1 unspecified atom stereocenters. The van der Waals surface area contributed by atoms with Gasteiger partial charge in [0.05, 0.1) is 18.7 Å². The Bertz CT molecular complexity index is 758. The number of hydrogen-bond donors (Lipinski definition) is 1. The zero-order valence-electron chi connectivity index (χ0n) is 12.1. The van der Waals surface area contributed by atoms with Crippen molar-refractivity contribution in [3.05, 3.63) is 66.0 Å². The molecular formula is C17H17N3O. The first kappa shape index (κ1) is 13.5. The number of nitrogens with zero attached hydrogens (tertiary/aromatic N) is 2. The van der Waals surface area contributed by atoms with Gasteiger partial charge in [-0.2, -0.15) is 0 Å². The summed E-state index contributed by atoms with van der Waals surface area (Å²) in [7, 11) is 3.58. The molecule has 0 spiro atoms. The molecule has 21 heavy (non-hydrogen) atoms. The van der Waals surface area contributed by atoms with E-state index in [0.717, 1.165) is 22.0 Å². The van der Waals surface area contributed by atoms with Crippen molar-refractivity contribution in [3.63, 3.8) is 0 Å². The van der Waals surface area contributed by atoms with E-state index >= 15 is 0 Å². The van der Waals surface area contributed by atoms with Crippen molar-refractivity contribution in [2.75, 3.05) is 14.2 Å². The minimum atomic E-state index is 0.0262. The quantitative estimate of drug-likeness (QED) is 0.797. The summed E-state index contributed by atoms with van der Waals surface area (Å²) >= 11 is 0. The van der Waals surface area contributed by atoms with Crippen LogP contribution in [0.3, 0.4) is 0 Å². The summed E-state index contributed by atoms with van der Waals surface area (Å²) in [5, 5.41) is 4.46. The summed E-state index contributed by atoms with van der Waals surface area (Å²) in [6.07, 6.45) is 3.54. The molecule has 1 aromatic carbocycles. The van der Waals surface area contributed by atoms with E-state index < -0.39 is 0 Å². The summed E-state index contributed by atoms with van der Waals surface area (Å²) in [4.78, 5) is 8.64. The van der Waals surface area contributed by atoms with Crippen LogP contribution < -0.4 is 10.1 Å². The molecule has 1 atom stereocenters. The number of rotatable bonds is 4. The average molecular weight is 279 g/mol. The van der Waals surface area contributed by atoms with E-state index in [1.165, 1.54) is 0 Å². The largest absolute Gasteiger partial charge is 0.481 e. The van der Waals surface area contributed by atoms with Gasteiger partial charge in [-0.1, -0.05) is 18.2 Å². The molecule has 3 aromatic rings. The van der Waals surface area contributed by atoms with Gasteiger partial charge in [0.2, 0.25) is 5.88 Å². The van der Waals surface area contributed by atoms with Gasteiger partial charge < -0.3 is 10.1 Å². The van der Waals surface area contributed by atoms with Crippen LogP contribution in [0.15, 0.2) is 54.9 Å². The van der Waals surface area contributed by atoms with Crippen molar-refractivity contribution < 1.29 is 4.74 Å². The van der Waals surface area contributed by atoms with Crippen molar-refractivity contribution in [2.24, 2.45) is 0 Å². The maximum Gasteiger partial charge on any atom is 0.218 e. The Balaban J connectivity index is 2.09. The number of fused-ring (bicyclic) bond motifs is 1. The highest BCUT2D eigenvalue weighted by atomic mass is 16.5. The standard InChI is InChI=1S/C17H17N3O/c1-18-16(14-6-4-10-20-17(14)21-2)13-7-8-15-12(11-13)5-3-9-19-15/h3-11,16,18H,1-2H3. The fourth-order valence-corrected chi connectivity index (χ4v) is 2.57. The molecule has 0 aliphatic carbocycles. The summed E-state index contributed by atoms with van der Waals surface area (Å²) in [5.41, 5.74) is 3.17. The molecule has 0 saturated heterocycles. The number of aromatic nitrogens is 2. The van der Waals surface area contributed by atoms with Gasteiger partial charge in [0.25, 0.3) is 0 Å². The Hall–Kier alpha value is -2.46. The minimum absolute atomic E-state index is 0.0262. The maximum atomic E-state index is 5.37. The van der Waals surface area contributed by atoms with Crippen molar-refractivity contribution in [3.8, 4) is 5.88 Å². The monoisotopic (exact) mass is 279 g/mol. The van der Waals surface area contributed by atoms with Gasteiger partial charge in [-0.05, 0) is 36.9 Å². The zero-order valence-corrected chi connectivity index (χ0v) is 12.1. The van der Waals surface area contributed by atoms with Gasteiger partial charge in [-0.15, -0.1) is 0 Å². The summed E-state index contributed by atoms with van der Waals surface area (Å²) in [6, 6.07) is 14.3. The van der Waals surface area contributed by atoms with Crippen LogP contribution in [-0.4, -0.2) is 24.1 Å². The third-order valence-electron chi connectivity index (χ3n) is 3.55. The Morgan fingerprint density at radius 1 is 1.05 bits per heavy atom. The van der Waals surface area contributed by atoms with E-state index in [0.29, 0.717) is 5.88 Å². The van der Waals surface area contributed by atoms with Crippen LogP contribution >= 0.6 is 0 Å². The molecule has 3 rings (SSSR count). The average Bonchev–Trinajstić information content (AvgIpc) is 2.56. The normalized spacial score (nSPS) is 12.3. The molecule has 2 heterocycles. The zero-order chi connectivity index (χ0) is 14.7. The molecule has 0 aliphatic rings. The first-order valence-corrected chi connectivity index (χ1v) is 6.84. The van der Waals surface area contributed by atoms with Crippen LogP contribution in [0.5, 0.6) is 5.88 Å². The van der Waals surface area contributed by atoms with Gasteiger partial charge >= 0.3 is 0 Å². The molecular weight excluding hydrogens is 262 g/mol. The van der Waals surface area contributed by atoms with Crippen LogP contribution in [0.25, 0.3) is 10.9 Å². The molecule has 0 fully saturated rings. The van der Waals surface area contributed by atoms with Crippen molar-refractivity contribution in [1.82, 2.24) is 15.3 Å². The first-order valence-electron chi connectivity index (χ1n) is 6.84. The Morgan fingerprint density at radius 3 is 2.67 bits per heavy atom. The second-order valence-corrected chi connectivity index (χ2v) is 4.78. The van der Waals surface area contributed by atoms with Crippen molar-refractivity contribution >= 4 is 10.9 Å². The number of ether oxygens (including phenoxy) is 1. The molecule has 2 aromatic heterocycles. The smallest absolute Gasteiger partial charge is 0.218 e. The second kappa shape index (κ2) is 5.89. The molecule has 0 radical (unpaired) electrons. The Kier molecular flexibility index (Phi) is 3.79. The first-order chi connectivity index (χ1) is 10.3. The predicted molar refractivity (Wildman–Crippen MR) is 83.4 cm³/mol. The van der Waals surface area contributed by atoms with Crippen LogP contribution in [0, 0.1) is 0 Å². The molecule has 0 bridgehead atoms. The fraction of sp³-hybridized carbons (Fsp3) is 0.176. The minimum Gasteiger partial charge on any atom is -0.481 e. The molecule has 0 saturated carbocycles. The van der Waals surface area contributed by atoms with Crippen LogP contribution in [0.4, 0.5) is 0 Å². The lowest BCUT2D eigenvalue weighted by Crippen LogP contribution is -2.18. The number of nitrogens with one attached hydrogen (secondary N) is 1. The Labute approximate surface area is 123 Å². The summed E-state index contributed by atoms with van der Waals surface area (Å²) in [6.45, 7) is 0. The van der Waals surface area contributed by atoms with E-state index in [9.17, 15) is 0 Å². The third kappa shape index (κ3) is 2.58. The van der Waals surface area contributed by atoms with E-state index in [2.05, 4.69) is 33.5 Å². The van der Waals surface area contributed by atoms with Crippen LogP contribution in [0.2, 0.25) is 0 Å². The topological polar surface area (TPSA) is 47.0 Å².